The van der Waals surface area contributed by atoms with E-state index in [2.05, 4.69) is 15.8 Å². The molecule has 1 fully saturated rings. The summed E-state index contributed by atoms with van der Waals surface area (Å²) in [6.07, 6.45) is 0. The molecule has 0 saturated carbocycles. The van der Waals surface area contributed by atoms with E-state index in [1.165, 1.54) is 0 Å². The Morgan fingerprint density at radius 2 is 1.81 bits per heavy atom. The van der Waals surface area contributed by atoms with Crippen LogP contribution in [-0.4, -0.2) is 71.4 Å². The first-order valence-corrected chi connectivity index (χ1v) is 10.8. The molecular formula is C23H31N5O4. The molecule has 172 valence electrons. The summed E-state index contributed by atoms with van der Waals surface area (Å²) >= 11 is 0. The third-order valence-electron chi connectivity index (χ3n) is 5.45. The molecule has 1 saturated heterocycles. The Bertz CT molecular complexity index is 963. The summed E-state index contributed by atoms with van der Waals surface area (Å²) in [6.45, 7) is 9.89. The average molecular weight is 442 g/mol. The Balaban J connectivity index is 1.51. The smallest absolute Gasteiger partial charge is 0.251 e. The van der Waals surface area contributed by atoms with E-state index in [0.717, 1.165) is 5.56 Å². The molecule has 9 heteroatoms. The first-order chi connectivity index (χ1) is 15.2. The van der Waals surface area contributed by atoms with Gasteiger partial charge in [-0.25, -0.2) is 0 Å². The van der Waals surface area contributed by atoms with Gasteiger partial charge >= 0.3 is 0 Å². The van der Waals surface area contributed by atoms with Gasteiger partial charge in [-0.2, -0.15) is 0 Å². The fourth-order valence-electron chi connectivity index (χ4n) is 3.66. The molecule has 1 aliphatic rings. The molecule has 0 radical (unpaired) electrons. The number of aromatic nitrogens is 1. The minimum Gasteiger partial charge on any atom is -0.360 e. The number of carbonyl (C=O) groups is 3. The van der Waals surface area contributed by atoms with Crippen LogP contribution < -0.4 is 10.6 Å². The lowest BCUT2D eigenvalue weighted by Crippen LogP contribution is -2.57. The van der Waals surface area contributed by atoms with Gasteiger partial charge in [0.05, 0.1) is 6.54 Å². The van der Waals surface area contributed by atoms with E-state index >= 15 is 0 Å². The minimum absolute atomic E-state index is 0.0500. The van der Waals surface area contributed by atoms with Gasteiger partial charge in [0.2, 0.25) is 11.8 Å². The predicted molar refractivity (Wildman–Crippen MR) is 120 cm³/mol. The van der Waals surface area contributed by atoms with Crippen LogP contribution >= 0.6 is 0 Å². The highest BCUT2D eigenvalue weighted by Gasteiger charge is 2.31. The van der Waals surface area contributed by atoms with Crippen LogP contribution in [0.5, 0.6) is 0 Å². The second kappa shape index (κ2) is 10.4. The summed E-state index contributed by atoms with van der Waals surface area (Å²) in [5, 5.41) is 9.37. The highest BCUT2D eigenvalue weighted by Crippen LogP contribution is 2.12. The molecule has 0 unspecified atom stereocenters. The topological polar surface area (TPSA) is 108 Å². The fraction of sp³-hybridized carbons (Fsp3) is 0.478. The third-order valence-corrected chi connectivity index (χ3v) is 5.45. The summed E-state index contributed by atoms with van der Waals surface area (Å²) in [6, 6.07) is 8.36. The van der Waals surface area contributed by atoms with E-state index in [-0.39, 0.29) is 30.2 Å². The van der Waals surface area contributed by atoms with Crippen molar-refractivity contribution in [2.75, 3.05) is 38.0 Å². The average Bonchev–Trinajstić information content (AvgIpc) is 3.16. The van der Waals surface area contributed by atoms with Crippen molar-refractivity contribution in [2.45, 2.75) is 33.7 Å². The third kappa shape index (κ3) is 6.16. The van der Waals surface area contributed by atoms with Crippen molar-refractivity contribution in [3.05, 3.63) is 47.2 Å². The number of amides is 3. The first kappa shape index (κ1) is 23.5. The summed E-state index contributed by atoms with van der Waals surface area (Å²) in [7, 11) is 0. The highest BCUT2D eigenvalue weighted by atomic mass is 16.5. The number of benzene rings is 1. The van der Waals surface area contributed by atoms with Crippen molar-refractivity contribution in [2.24, 2.45) is 5.92 Å². The first-order valence-electron chi connectivity index (χ1n) is 10.8. The fourth-order valence-corrected chi connectivity index (χ4v) is 3.66. The molecule has 1 atom stereocenters. The number of rotatable bonds is 7. The molecule has 0 aliphatic carbocycles. The largest absolute Gasteiger partial charge is 0.360 e. The van der Waals surface area contributed by atoms with Crippen LogP contribution in [-0.2, 0) is 9.59 Å². The van der Waals surface area contributed by atoms with E-state index < -0.39 is 6.04 Å². The zero-order valence-corrected chi connectivity index (χ0v) is 19.1. The Hall–Kier alpha value is -3.20. The summed E-state index contributed by atoms with van der Waals surface area (Å²) in [4.78, 5) is 41.8. The number of hydrogen-bond acceptors (Lipinski definition) is 6. The second-order valence-corrected chi connectivity index (χ2v) is 8.54. The number of hydrogen-bond donors (Lipinski definition) is 2. The van der Waals surface area contributed by atoms with Crippen LogP contribution in [0.3, 0.4) is 0 Å². The summed E-state index contributed by atoms with van der Waals surface area (Å²) in [5.41, 5.74) is 1.53. The van der Waals surface area contributed by atoms with Crippen LogP contribution in [0, 0.1) is 19.8 Å². The van der Waals surface area contributed by atoms with Gasteiger partial charge in [-0.3, -0.25) is 19.3 Å². The minimum atomic E-state index is -0.603. The molecule has 1 aromatic heterocycles. The number of carbonyl (C=O) groups excluding carboxylic acids is 3. The molecule has 2 N–H and O–H groups in total. The van der Waals surface area contributed by atoms with E-state index in [0.29, 0.717) is 43.3 Å². The molecule has 9 nitrogen and oxygen atoms in total. The maximum absolute atomic E-state index is 13.1. The standard InChI is InChI=1S/C23H31N5O4/c1-15(2)21(25-22(30)18-7-5-6-16(3)12-18)23(31)28-10-8-27(9-11-28)14-20(29)24-19-13-17(4)32-26-19/h5-7,12-13,15,21H,8-11,14H2,1-4H3,(H,25,30)(H,24,26,29)/t21-/m0/s1. The van der Waals surface area contributed by atoms with Crippen molar-refractivity contribution in [3.8, 4) is 0 Å². The van der Waals surface area contributed by atoms with Gasteiger partial charge in [0.1, 0.15) is 11.8 Å². The second-order valence-electron chi connectivity index (χ2n) is 8.54. The Labute approximate surface area is 188 Å². The molecular weight excluding hydrogens is 410 g/mol. The summed E-state index contributed by atoms with van der Waals surface area (Å²) in [5.74, 6) is 0.448. The predicted octanol–water partition coefficient (Wildman–Crippen LogP) is 1.83. The molecule has 0 spiro atoms. The molecule has 2 heterocycles. The van der Waals surface area contributed by atoms with Gasteiger partial charge in [-0.1, -0.05) is 36.7 Å². The lowest BCUT2D eigenvalue weighted by atomic mass is 10.0. The van der Waals surface area contributed by atoms with Crippen molar-refractivity contribution in [1.82, 2.24) is 20.3 Å². The Morgan fingerprint density at radius 1 is 1.09 bits per heavy atom. The molecule has 3 rings (SSSR count). The van der Waals surface area contributed by atoms with Gasteiger partial charge in [0, 0.05) is 37.8 Å². The number of piperazine rings is 1. The van der Waals surface area contributed by atoms with Crippen molar-refractivity contribution < 1.29 is 18.9 Å². The number of aryl methyl sites for hydroxylation is 2. The summed E-state index contributed by atoms with van der Waals surface area (Å²) < 4.78 is 4.95. The number of anilines is 1. The van der Waals surface area contributed by atoms with Crippen LogP contribution in [0.4, 0.5) is 5.82 Å². The molecule has 1 aliphatic heterocycles. The van der Waals surface area contributed by atoms with E-state index in [1.807, 2.05) is 37.8 Å². The van der Waals surface area contributed by atoms with Gasteiger partial charge in [-0.05, 0) is 31.9 Å². The molecule has 2 aromatic rings. The quantitative estimate of drug-likeness (QED) is 0.679. The lowest BCUT2D eigenvalue weighted by Gasteiger charge is -2.37. The van der Waals surface area contributed by atoms with Crippen molar-refractivity contribution >= 4 is 23.5 Å². The zero-order valence-electron chi connectivity index (χ0n) is 19.1. The van der Waals surface area contributed by atoms with E-state index in [9.17, 15) is 14.4 Å². The Kier molecular flexibility index (Phi) is 7.63. The molecule has 3 amide bonds. The zero-order chi connectivity index (χ0) is 23.3. The maximum atomic E-state index is 13.1. The SMILES string of the molecule is Cc1cccc(C(=O)N[C@H](C(=O)N2CCN(CC(=O)Nc3cc(C)on3)CC2)C(C)C)c1. The van der Waals surface area contributed by atoms with E-state index in [1.54, 1.807) is 30.0 Å². The van der Waals surface area contributed by atoms with Crippen LogP contribution in [0.2, 0.25) is 0 Å². The molecule has 32 heavy (non-hydrogen) atoms. The molecule has 0 bridgehead atoms. The van der Waals surface area contributed by atoms with Gasteiger partial charge in [0.25, 0.3) is 5.91 Å². The maximum Gasteiger partial charge on any atom is 0.251 e. The lowest BCUT2D eigenvalue weighted by molar-refractivity contribution is -0.136. The number of nitrogens with one attached hydrogen (secondary N) is 2. The van der Waals surface area contributed by atoms with Gasteiger partial charge < -0.3 is 20.1 Å². The highest BCUT2D eigenvalue weighted by molar-refractivity contribution is 5.97. The number of nitrogens with zero attached hydrogens (tertiary/aromatic N) is 3. The van der Waals surface area contributed by atoms with Crippen molar-refractivity contribution in [3.63, 3.8) is 0 Å². The van der Waals surface area contributed by atoms with Crippen LogP contribution in [0.15, 0.2) is 34.9 Å². The Morgan fingerprint density at radius 3 is 2.41 bits per heavy atom. The van der Waals surface area contributed by atoms with Gasteiger partial charge in [-0.15, -0.1) is 0 Å². The monoisotopic (exact) mass is 441 g/mol. The normalized spacial score (nSPS) is 15.5. The van der Waals surface area contributed by atoms with E-state index in [4.69, 9.17) is 4.52 Å². The molecule has 1 aromatic carbocycles. The van der Waals surface area contributed by atoms with Gasteiger partial charge in [0.15, 0.2) is 5.82 Å². The van der Waals surface area contributed by atoms with Crippen LogP contribution in [0.25, 0.3) is 0 Å². The van der Waals surface area contributed by atoms with Crippen LogP contribution in [0.1, 0.15) is 35.5 Å². The van der Waals surface area contributed by atoms with Crippen molar-refractivity contribution in [1.29, 1.82) is 0 Å².